The van der Waals surface area contributed by atoms with E-state index in [-0.39, 0.29) is 24.8 Å². The first-order chi connectivity index (χ1) is 3.43. The van der Waals surface area contributed by atoms with Crippen molar-refractivity contribution < 1.29 is 0 Å². The predicted octanol–water partition coefficient (Wildman–Crippen LogP) is 2.46. The molecule has 0 aliphatic heterocycles. The van der Waals surface area contributed by atoms with Crippen LogP contribution in [-0.4, -0.2) is 0 Å². The van der Waals surface area contributed by atoms with Crippen LogP contribution in [-0.2, 0) is 0 Å². The molecule has 0 bridgehead atoms. The van der Waals surface area contributed by atoms with Gasteiger partial charge in [-0.25, -0.2) is 0 Å². The summed E-state index contributed by atoms with van der Waals surface area (Å²) in [7, 11) is 0. The van der Waals surface area contributed by atoms with Crippen LogP contribution in [0.1, 0.15) is 4.88 Å². The number of rotatable bonds is 0. The largest absolute Gasteiger partial charge is 0.192 e. The van der Waals surface area contributed by atoms with Crippen molar-refractivity contribution >= 4 is 36.2 Å². The zero-order valence-corrected chi connectivity index (χ0v) is 6.85. The Morgan fingerprint density at radius 2 is 2.11 bits per heavy atom. The van der Waals surface area contributed by atoms with Gasteiger partial charge in [-0.15, -0.1) is 36.2 Å². The molecule has 0 saturated heterocycles. The van der Waals surface area contributed by atoms with E-state index in [0.717, 1.165) is 4.88 Å². The SMILES string of the molecule is Cl.Cl.N#Cc1cccs1. The first kappa shape index (κ1) is 11.6. The molecule has 1 aromatic rings. The third-order valence-corrected chi connectivity index (χ3v) is 1.41. The fourth-order valence-electron chi connectivity index (χ4n) is 0.342. The average Bonchev–Trinajstić information content (AvgIpc) is 2.14. The van der Waals surface area contributed by atoms with Crippen molar-refractivity contribution in [3.05, 3.63) is 22.4 Å². The van der Waals surface area contributed by atoms with Crippen LogP contribution < -0.4 is 0 Å². The maximum Gasteiger partial charge on any atom is 0.110 e. The molecule has 0 atom stereocenters. The minimum Gasteiger partial charge on any atom is -0.192 e. The van der Waals surface area contributed by atoms with Crippen LogP contribution in [0.25, 0.3) is 0 Å². The van der Waals surface area contributed by atoms with Gasteiger partial charge in [0.1, 0.15) is 10.9 Å². The summed E-state index contributed by atoms with van der Waals surface area (Å²) >= 11 is 1.46. The van der Waals surface area contributed by atoms with E-state index in [1.165, 1.54) is 11.3 Å². The van der Waals surface area contributed by atoms with Crippen molar-refractivity contribution in [2.45, 2.75) is 0 Å². The van der Waals surface area contributed by atoms with Gasteiger partial charge in [0.2, 0.25) is 0 Å². The molecule has 50 valence electrons. The molecule has 1 rings (SSSR count). The molecule has 0 saturated carbocycles. The van der Waals surface area contributed by atoms with Gasteiger partial charge in [0, 0.05) is 0 Å². The smallest absolute Gasteiger partial charge is 0.110 e. The Labute approximate surface area is 70.1 Å². The summed E-state index contributed by atoms with van der Waals surface area (Å²) in [6, 6.07) is 5.69. The number of halogens is 2. The third kappa shape index (κ3) is 3.36. The minimum atomic E-state index is 0. The van der Waals surface area contributed by atoms with E-state index < -0.39 is 0 Å². The molecular weight excluding hydrogens is 177 g/mol. The maximum atomic E-state index is 8.19. The van der Waals surface area contributed by atoms with Gasteiger partial charge in [-0.05, 0) is 11.4 Å². The molecule has 0 unspecified atom stereocenters. The molecular formula is C5H5Cl2NS. The van der Waals surface area contributed by atoms with Gasteiger partial charge in [0.15, 0.2) is 0 Å². The van der Waals surface area contributed by atoms with Gasteiger partial charge in [-0.3, -0.25) is 0 Å². The number of hydrogen-bond donors (Lipinski definition) is 0. The van der Waals surface area contributed by atoms with Crippen molar-refractivity contribution in [2.24, 2.45) is 0 Å². The molecule has 0 amide bonds. The highest BCUT2D eigenvalue weighted by Crippen LogP contribution is 2.04. The molecule has 0 aromatic carbocycles. The molecule has 0 aliphatic rings. The fraction of sp³-hybridized carbons (Fsp3) is 0. The summed E-state index contributed by atoms with van der Waals surface area (Å²) in [5.41, 5.74) is 0. The first-order valence-electron chi connectivity index (χ1n) is 1.87. The van der Waals surface area contributed by atoms with Crippen LogP contribution in [0.2, 0.25) is 0 Å². The second-order valence-electron chi connectivity index (χ2n) is 1.09. The Bertz CT molecular complexity index is 177. The van der Waals surface area contributed by atoms with Gasteiger partial charge < -0.3 is 0 Å². The molecule has 0 radical (unpaired) electrons. The highest BCUT2D eigenvalue weighted by molar-refractivity contribution is 7.10. The number of hydrogen-bond acceptors (Lipinski definition) is 2. The first-order valence-corrected chi connectivity index (χ1v) is 2.75. The Morgan fingerprint density at radius 1 is 1.44 bits per heavy atom. The minimum absolute atomic E-state index is 0. The van der Waals surface area contributed by atoms with Crippen molar-refractivity contribution in [1.29, 1.82) is 5.26 Å². The molecule has 1 nitrogen and oxygen atoms in total. The molecule has 1 aromatic heterocycles. The van der Waals surface area contributed by atoms with E-state index in [4.69, 9.17) is 5.26 Å². The summed E-state index contributed by atoms with van der Waals surface area (Å²) in [4.78, 5) is 0.778. The Balaban J connectivity index is 0. The topological polar surface area (TPSA) is 23.8 Å². The number of thiophene rings is 1. The van der Waals surface area contributed by atoms with Crippen LogP contribution in [0.15, 0.2) is 17.5 Å². The van der Waals surface area contributed by atoms with Crippen LogP contribution in [0, 0.1) is 11.3 Å². The molecule has 0 fully saturated rings. The molecule has 0 spiro atoms. The lowest BCUT2D eigenvalue weighted by Gasteiger charge is -1.62. The van der Waals surface area contributed by atoms with Crippen molar-refractivity contribution in [3.8, 4) is 6.07 Å². The molecule has 4 heteroatoms. The van der Waals surface area contributed by atoms with Gasteiger partial charge in [-0.1, -0.05) is 6.07 Å². The molecule has 0 aliphatic carbocycles. The van der Waals surface area contributed by atoms with Crippen LogP contribution in [0.5, 0.6) is 0 Å². The van der Waals surface area contributed by atoms with Crippen molar-refractivity contribution in [1.82, 2.24) is 0 Å². The lowest BCUT2D eigenvalue weighted by Crippen LogP contribution is -1.50. The molecule has 1 heterocycles. The predicted molar refractivity (Wildman–Crippen MR) is 43.5 cm³/mol. The van der Waals surface area contributed by atoms with Gasteiger partial charge in [0.25, 0.3) is 0 Å². The van der Waals surface area contributed by atoms with Gasteiger partial charge in [-0.2, -0.15) is 5.26 Å². The Morgan fingerprint density at radius 3 is 2.33 bits per heavy atom. The quantitative estimate of drug-likeness (QED) is 0.604. The summed E-state index contributed by atoms with van der Waals surface area (Å²) in [6.07, 6.45) is 0. The van der Waals surface area contributed by atoms with Gasteiger partial charge in [0.05, 0.1) is 0 Å². The van der Waals surface area contributed by atoms with Crippen LogP contribution in [0.4, 0.5) is 0 Å². The second-order valence-corrected chi connectivity index (χ2v) is 2.04. The van der Waals surface area contributed by atoms with E-state index in [9.17, 15) is 0 Å². The van der Waals surface area contributed by atoms with E-state index in [2.05, 4.69) is 0 Å². The van der Waals surface area contributed by atoms with Crippen LogP contribution >= 0.6 is 36.2 Å². The number of nitriles is 1. The van der Waals surface area contributed by atoms with Crippen molar-refractivity contribution in [2.75, 3.05) is 0 Å². The summed E-state index contributed by atoms with van der Waals surface area (Å²) in [6.45, 7) is 0. The Hall–Kier alpha value is -0.230. The van der Waals surface area contributed by atoms with E-state index in [0.29, 0.717) is 0 Å². The highest BCUT2D eigenvalue weighted by atomic mass is 35.5. The van der Waals surface area contributed by atoms with Crippen LogP contribution in [0.3, 0.4) is 0 Å². The number of nitrogens with zero attached hydrogens (tertiary/aromatic N) is 1. The second kappa shape index (κ2) is 5.90. The Kier molecular flexibility index (Phi) is 7.57. The summed E-state index contributed by atoms with van der Waals surface area (Å²) in [5, 5.41) is 10.1. The zero-order chi connectivity index (χ0) is 5.11. The highest BCUT2D eigenvalue weighted by Gasteiger charge is 1.82. The lowest BCUT2D eigenvalue weighted by atomic mass is 10.5. The van der Waals surface area contributed by atoms with Gasteiger partial charge >= 0.3 is 0 Å². The van der Waals surface area contributed by atoms with E-state index in [1.54, 1.807) is 6.07 Å². The summed E-state index contributed by atoms with van der Waals surface area (Å²) in [5.74, 6) is 0. The zero-order valence-electron chi connectivity index (χ0n) is 4.40. The lowest BCUT2D eigenvalue weighted by molar-refractivity contribution is 1.52. The molecule has 9 heavy (non-hydrogen) atoms. The average molecular weight is 182 g/mol. The van der Waals surface area contributed by atoms with Crippen molar-refractivity contribution in [3.63, 3.8) is 0 Å². The van der Waals surface area contributed by atoms with E-state index >= 15 is 0 Å². The van der Waals surface area contributed by atoms with E-state index in [1.807, 2.05) is 17.5 Å². The summed E-state index contributed by atoms with van der Waals surface area (Å²) < 4.78 is 0. The maximum absolute atomic E-state index is 8.19. The normalized spacial score (nSPS) is 6.11. The molecule has 0 N–H and O–H groups in total. The standard InChI is InChI=1S/C5H3NS.2ClH/c6-4-5-2-1-3-7-5;;/h1-3H;2*1H. The monoisotopic (exact) mass is 181 g/mol. The third-order valence-electron chi connectivity index (χ3n) is 0.631. The fourth-order valence-corrected chi connectivity index (χ4v) is 0.856.